The fraction of sp³-hybridized carbons (Fsp3) is 0. The Morgan fingerprint density at radius 2 is 1.88 bits per heavy atom. The molecule has 4 rings (SSSR count). The normalized spacial score (nSPS) is 10.8. The number of benzene rings is 2. The number of hydrogen-bond donors (Lipinski definition) is 0. The monoisotopic (exact) mass is 332 g/mol. The number of para-hydroxylation sites is 1. The zero-order chi connectivity index (χ0) is 17.2. The molecule has 0 N–H and O–H groups in total. The van der Waals surface area contributed by atoms with Gasteiger partial charge in [0.1, 0.15) is 11.8 Å². The van der Waals surface area contributed by atoms with E-state index in [9.17, 15) is 9.18 Å². The van der Waals surface area contributed by atoms with Crippen LogP contribution in [-0.2, 0) is 0 Å². The van der Waals surface area contributed by atoms with Gasteiger partial charge in [-0.1, -0.05) is 30.3 Å². The molecule has 4 nitrogen and oxygen atoms in total. The average molecular weight is 332 g/mol. The molecule has 4 aromatic rings. The number of aromatic nitrogens is 2. The van der Waals surface area contributed by atoms with Gasteiger partial charge < -0.3 is 4.74 Å². The van der Waals surface area contributed by atoms with Gasteiger partial charge in [0.25, 0.3) is 0 Å². The molecular formula is C20H13FN2O2. The lowest BCUT2D eigenvalue weighted by Gasteiger charge is -2.10. The van der Waals surface area contributed by atoms with E-state index in [1.165, 1.54) is 6.07 Å². The van der Waals surface area contributed by atoms with Crippen LogP contribution in [0.1, 0.15) is 10.4 Å². The molecule has 0 atom stereocenters. The van der Waals surface area contributed by atoms with E-state index in [1.807, 2.05) is 18.2 Å². The molecule has 5 heteroatoms. The maximum atomic E-state index is 13.9. The minimum atomic E-state index is -0.437. The Labute approximate surface area is 143 Å². The van der Waals surface area contributed by atoms with Gasteiger partial charge in [-0.3, -0.25) is 4.79 Å². The Balaban J connectivity index is 1.87. The minimum absolute atomic E-state index is 0.143. The SMILES string of the molecule is O=Cc1cccc(-c2ccn3nccc(Oc4ccccc4F)c23)c1. The Kier molecular flexibility index (Phi) is 3.74. The van der Waals surface area contributed by atoms with Gasteiger partial charge >= 0.3 is 0 Å². The predicted octanol–water partition coefficient (Wildman–Crippen LogP) is 4.75. The Bertz CT molecular complexity index is 1070. The van der Waals surface area contributed by atoms with E-state index in [-0.39, 0.29) is 5.75 Å². The number of carbonyl (C=O) groups is 1. The van der Waals surface area contributed by atoms with Crippen LogP contribution in [-0.4, -0.2) is 15.9 Å². The number of nitrogens with zero attached hydrogens (tertiary/aromatic N) is 2. The molecule has 0 spiro atoms. The maximum Gasteiger partial charge on any atom is 0.165 e. The van der Waals surface area contributed by atoms with Crippen LogP contribution in [0.3, 0.4) is 0 Å². The second-order valence-electron chi connectivity index (χ2n) is 5.49. The lowest BCUT2D eigenvalue weighted by Crippen LogP contribution is -1.95. The fourth-order valence-electron chi connectivity index (χ4n) is 2.76. The van der Waals surface area contributed by atoms with Crippen molar-refractivity contribution >= 4 is 11.8 Å². The highest BCUT2D eigenvalue weighted by Crippen LogP contribution is 2.34. The number of carbonyl (C=O) groups excluding carboxylic acids is 1. The van der Waals surface area contributed by atoms with Gasteiger partial charge in [0.05, 0.1) is 6.20 Å². The van der Waals surface area contributed by atoms with Gasteiger partial charge in [-0.2, -0.15) is 5.10 Å². The summed E-state index contributed by atoms with van der Waals surface area (Å²) in [7, 11) is 0. The Hall–Kier alpha value is -3.47. The quantitative estimate of drug-likeness (QED) is 0.507. The molecule has 2 heterocycles. The summed E-state index contributed by atoms with van der Waals surface area (Å²) in [6, 6.07) is 17.1. The molecule has 0 radical (unpaired) electrons. The summed E-state index contributed by atoms with van der Waals surface area (Å²) in [4.78, 5) is 11.1. The minimum Gasteiger partial charge on any atom is -0.452 e. The van der Waals surface area contributed by atoms with Crippen molar-refractivity contribution in [2.75, 3.05) is 0 Å². The summed E-state index contributed by atoms with van der Waals surface area (Å²) in [5.41, 5.74) is 2.99. The van der Waals surface area contributed by atoms with Crippen LogP contribution in [0.15, 0.2) is 73.1 Å². The molecule has 0 aliphatic heterocycles. The van der Waals surface area contributed by atoms with Gasteiger partial charge in [0, 0.05) is 23.4 Å². The summed E-state index contributed by atoms with van der Waals surface area (Å²) in [5.74, 6) is 0.189. The van der Waals surface area contributed by atoms with Gasteiger partial charge in [0.2, 0.25) is 0 Å². The Morgan fingerprint density at radius 1 is 1.00 bits per heavy atom. The number of fused-ring (bicyclic) bond motifs is 1. The van der Waals surface area contributed by atoms with Gasteiger partial charge in [-0.25, -0.2) is 8.91 Å². The van der Waals surface area contributed by atoms with Crippen LogP contribution < -0.4 is 4.74 Å². The van der Waals surface area contributed by atoms with E-state index in [0.717, 1.165) is 17.4 Å². The van der Waals surface area contributed by atoms with Crippen LogP contribution in [0.5, 0.6) is 11.5 Å². The first kappa shape index (κ1) is 15.1. The van der Waals surface area contributed by atoms with E-state index in [1.54, 1.807) is 53.3 Å². The highest BCUT2D eigenvalue weighted by molar-refractivity contribution is 5.87. The smallest absolute Gasteiger partial charge is 0.165 e. The van der Waals surface area contributed by atoms with Gasteiger partial charge in [-0.05, 0) is 29.8 Å². The number of hydrogen-bond acceptors (Lipinski definition) is 3. The molecule has 0 fully saturated rings. The van der Waals surface area contributed by atoms with E-state index in [2.05, 4.69) is 5.10 Å². The molecule has 122 valence electrons. The molecule has 0 aliphatic rings. The molecule has 0 saturated heterocycles. The number of rotatable bonds is 4. The lowest BCUT2D eigenvalue weighted by atomic mass is 10.0. The van der Waals surface area contributed by atoms with Crippen molar-refractivity contribution in [1.29, 1.82) is 0 Å². The Morgan fingerprint density at radius 3 is 2.72 bits per heavy atom. The number of ether oxygens (including phenoxy) is 1. The predicted molar refractivity (Wildman–Crippen MR) is 92.5 cm³/mol. The van der Waals surface area contributed by atoms with Crippen molar-refractivity contribution < 1.29 is 13.9 Å². The van der Waals surface area contributed by atoms with E-state index in [4.69, 9.17) is 4.74 Å². The number of aldehydes is 1. The van der Waals surface area contributed by atoms with Crippen LogP contribution in [0.25, 0.3) is 16.6 Å². The molecule has 0 unspecified atom stereocenters. The molecule has 0 bridgehead atoms. The third-order valence-electron chi connectivity index (χ3n) is 3.91. The van der Waals surface area contributed by atoms with Gasteiger partial charge in [0.15, 0.2) is 17.3 Å². The summed E-state index contributed by atoms with van der Waals surface area (Å²) in [6.07, 6.45) is 4.19. The van der Waals surface area contributed by atoms with Crippen LogP contribution in [0, 0.1) is 5.82 Å². The molecular weight excluding hydrogens is 319 g/mol. The molecule has 0 amide bonds. The first-order valence-corrected chi connectivity index (χ1v) is 7.70. The average Bonchev–Trinajstić information content (AvgIpc) is 3.09. The molecule has 0 aliphatic carbocycles. The van der Waals surface area contributed by atoms with E-state index >= 15 is 0 Å². The van der Waals surface area contributed by atoms with Crippen molar-refractivity contribution in [3.8, 4) is 22.6 Å². The second kappa shape index (κ2) is 6.20. The first-order valence-electron chi connectivity index (χ1n) is 7.70. The van der Waals surface area contributed by atoms with Crippen molar-refractivity contribution in [2.45, 2.75) is 0 Å². The van der Waals surface area contributed by atoms with E-state index in [0.29, 0.717) is 16.8 Å². The van der Waals surface area contributed by atoms with Crippen molar-refractivity contribution in [1.82, 2.24) is 9.61 Å². The first-order chi connectivity index (χ1) is 12.3. The largest absolute Gasteiger partial charge is 0.452 e. The summed E-state index contributed by atoms with van der Waals surface area (Å²) >= 11 is 0. The lowest BCUT2D eigenvalue weighted by molar-refractivity contribution is 0.112. The summed E-state index contributed by atoms with van der Waals surface area (Å²) in [5, 5.41) is 4.27. The zero-order valence-corrected chi connectivity index (χ0v) is 13.1. The van der Waals surface area contributed by atoms with Gasteiger partial charge in [-0.15, -0.1) is 0 Å². The maximum absolute atomic E-state index is 13.9. The topological polar surface area (TPSA) is 43.6 Å². The molecule has 2 aromatic heterocycles. The van der Waals surface area contributed by atoms with E-state index < -0.39 is 5.82 Å². The standard InChI is InChI=1S/C20H13FN2O2/c21-17-6-1-2-7-18(17)25-19-8-10-22-23-11-9-16(20(19)23)15-5-3-4-14(12-15)13-24/h1-13H. The summed E-state index contributed by atoms with van der Waals surface area (Å²) in [6.45, 7) is 0. The molecule has 25 heavy (non-hydrogen) atoms. The van der Waals surface area contributed by atoms with Crippen LogP contribution in [0.4, 0.5) is 4.39 Å². The third-order valence-corrected chi connectivity index (χ3v) is 3.91. The zero-order valence-electron chi connectivity index (χ0n) is 13.1. The highest BCUT2D eigenvalue weighted by Gasteiger charge is 2.14. The van der Waals surface area contributed by atoms with Crippen LogP contribution >= 0.6 is 0 Å². The van der Waals surface area contributed by atoms with Crippen molar-refractivity contribution in [2.24, 2.45) is 0 Å². The third kappa shape index (κ3) is 2.76. The highest BCUT2D eigenvalue weighted by atomic mass is 19.1. The molecule has 2 aromatic carbocycles. The van der Waals surface area contributed by atoms with Crippen LogP contribution in [0.2, 0.25) is 0 Å². The fourth-order valence-corrected chi connectivity index (χ4v) is 2.76. The molecule has 0 saturated carbocycles. The second-order valence-corrected chi connectivity index (χ2v) is 5.49. The van der Waals surface area contributed by atoms with Crippen molar-refractivity contribution in [3.05, 3.63) is 84.4 Å². The summed E-state index contributed by atoms with van der Waals surface area (Å²) < 4.78 is 21.4. The number of halogens is 1. The van der Waals surface area contributed by atoms with Crippen molar-refractivity contribution in [3.63, 3.8) is 0 Å².